The van der Waals surface area contributed by atoms with E-state index < -0.39 is 0 Å². The number of nitrogens with zero attached hydrogens (tertiary/aromatic N) is 4. The lowest BCUT2D eigenvalue weighted by atomic mass is 10.3. The fraction of sp³-hybridized carbons (Fsp3) is 0.0952. The number of carbonyl (C=O) groups excluding carboxylic acids is 1. The van der Waals surface area contributed by atoms with Crippen molar-refractivity contribution in [1.29, 1.82) is 0 Å². The number of aromatic nitrogens is 4. The highest BCUT2D eigenvalue weighted by molar-refractivity contribution is 6.30. The van der Waals surface area contributed by atoms with Crippen LogP contribution in [0.15, 0.2) is 73.2 Å². The van der Waals surface area contributed by atoms with Crippen LogP contribution >= 0.6 is 11.6 Å². The number of methoxy groups -OCH3 is 1. The fourth-order valence-electron chi connectivity index (χ4n) is 2.78. The maximum Gasteiger partial charge on any atom is 0.272 e. The number of hydrogen-bond donors (Lipinski definition) is 1. The number of rotatable bonds is 6. The van der Waals surface area contributed by atoms with Crippen LogP contribution in [0.25, 0.3) is 11.4 Å². The Morgan fingerprint density at radius 3 is 2.45 bits per heavy atom. The standard InChI is InChI=1S/C21H18ClN5O2/c1-29-19-8-6-17(7-9-19)26-11-10-20(25-26)21(28)23-12-15-13-24-27(14-15)18-4-2-16(22)3-5-18/h2-11,13-14H,12H2,1H3,(H,23,28). The van der Waals surface area contributed by atoms with Crippen molar-refractivity contribution < 1.29 is 9.53 Å². The first kappa shape index (κ1) is 18.8. The van der Waals surface area contributed by atoms with Gasteiger partial charge < -0.3 is 10.1 Å². The first-order chi connectivity index (χ1) is 14.1. The number of halogens is 1. The molecule has 0 unspecified atom stereocenters. The second-order valence-electron chi connectivity index (χ2n) is 6.30. The number of nitrogens with one attached hydrogen (secondary N) is 1. The van der Waals surface area contributed by atoms with E-state index in [1.54, 1.807) is 47.1 Å². The summed E-state index contributed by atoms with van der Waals surface area (Å²) in [5.74, 6) is 0.509. The molecule has 2 aromatic carbocycles. The zero-order valence-corrected chi connectivity index (χ0v) is 16.4. The minimum atomic E-state index is -0.253. The van der Waals surface area contributed by atoms with Crippen LogP contribution in [0.1, 0.15) is 16.1 Å². The van der Waals surface area contributed by atoms with Gasteiger partial charge in [0.05, 0.1) is 24.7 Å². The Kier molecular flexibility index (Phi) is 5.31. The van der Waals surface area contributed by atoms with E-state index in [9.17, 15) is 4.79 Å². The van der Waals surface area contributed by atoms with E-state index in [2.05, 4.69) is 15.5 Å². The van der Waals surface area contributed by atoms with E-state index in [4.69, 9.17) is 16.3 Å². The lowest BCUT2D eigenvalue weighted by molar-refractivity contribution is 0.0945. The lowest BCUT2D eigenvalue weighted by Crippen LogP contribution is -2.23. The summed E-state index contributed by atoms with van der Waals surface area (Å²) in [7, 11) is 1.62. The molecule has 29 heavy (non-hydrogen) atoms. The van der Waals surface area contributed by atoms with E-state index in [-0.39, 0.29) is 5.91 Å². The molecule has 0 bridgehead atoms. The third kappa shape index (κ3) is 4.30. The lowest BCUT2D eigenvalue weighted by Gasteiger charge is -2.04. The summed E-state index contributed by atoms with van der Waals surface area (Å²) in [6, 6.07) is 16.5. The topological polar surface area (TPSA) is 74.0 Å². The van der Waals surface area contributed by atoms with Crippen LogP contribution in [-0.2, 0) is 6.54 Å². The van der Waals surface area contributed by atoms with E-state index in [0.29, 0.717) is 17.3 Å². The van der Waals surface area contributed by atoms with Crippen LogP contribution in [0.3, 0.4) is 0 Å². The van der Waals surface area contributed by atoms with Gasteiger partial charge in [-0.05, 0) is 54.6 Å². The molecule has 7 nitrogen and oxygen atoms in total. The van der Waals surface area contributed by atoms with Gasteiger partial charge in [-0.15, -0.1) is 0 Å². The average molecular weight is 408 g/mol. The second kappa shape index (κ2) is 8.20. The Balaban J connectivity index is 1.39. The van der Waals surface area contributed by atoms with Gasteiger partial charge in [0.1, 0.15) is 5.75 Å². The van der Waals surface area contributed by atoms with E-state index in [1.807, 2.05) is 42.6 Å². The molecule has 4 rings (SSSR count). The molecule has 0 aliphatic carbocycles. The summed E-state index contributed by atoms with van der Waals surface area (Å²) >= 11 is 5.91. The maximum atomic E-state index is 12.4. The number of carbonyl (C=O) groups is 1. The molecule has 0 saturated carbocycles. The molecule has 8 heteroatoms. The van der Waals surface area contributed by atoms with Crippen molar-refractivity contribution in [1.82, 2.24) is 24.9 Å². The molecule has 0 fully saturated rings. The zero-order valence-electron chi connectivity index (χ0n) is 15.6. The smallest absolute Gasteiger partial charge is 0.272 e. The highest BCUT2D eigenvalue weighted by Crippen LogP contribution is 2.15. The van der Waals surface area contributed by atoms with Crippen molar-refractivity contribution in [2.75, 3.05) is 7.11 Å². The van der Waals surface area contributed by atoms with E-state index in [0.717, 1.165) is 22.7 Å². The molecule has 0 radical (unpaired) electrons. The van der Waals surface area contributed by atoms with Crippen LogP contribution in [0.4, 0.5) is 0 Å². The van der Waals surface area contributed by atoms with Crippen LogP contribution in [0.2, 0.25) is 5.02 Å². The quantitative estimate of drug-likeness (QED) is 0.529. The van der Waals surface area contributed by atoms with Crippen LogP contribution in [-0.4, -0.2) is 32.6 Å². The Morgan fingerprint density at radius 2 is 1.72 bits per heavy atom. The van der Waals surface area contributed by atoms with Crippen LogP contribution in [0, 0.1) is 0 Å². The van der Waals surface area contributed by atoms with Gasteiger partial charge in [0.15, 0.2) is 5.69 Å². The SMILES string of the molecule is COc1ccc(-n2ccc(C(=O)NCc3cnn(-c4ccc(Cl)cc4)c3)n2)cc1. The summed E-state index contributed by atoms with van der Waals surface area (Å²) in [6.45, 7) is 0.349. The van der Waals surface area contributed by atoms with Gasteiger partial charge in [-0.2, -0.15) is 10.2 Å². The Labute approximate surface area is 172 Å². The molecular weight excluding hydrogens is 390 g/mol. The van der Waals surface area contributed by atoms with Gasteiger partial charge in [-0.25, -0.2) is 9.36 Å². The molecule has 4 aromatic rings. The maximum absolute atomic E-state index is 12.4. The van der Waals surface area contributed by atoms with Gasteiger partial charge in [0, 0.05) is 29.5 Å². The summed E-state index contributed by atoms with van der Waals surface area (Å²) in [4.78, 5) is 12.4. The van der Waals surface area contributed by atoms with Crippen molar-refractivity contribution in [2.45, 2.75) is 6.54 Å². The highest BCUT2D eigenvalue weighted by atomic mass is 35.5. The molecule has 1 amide bonds. The van der Waals surface area contributed by atoms with Crippen molar-refractivity contribution in [3.05, 3.63) is 89.5 Å². The van der Waals surface area contributed by atoms with Crippen LogP contribution < -0.4 is 10.1 Å². The Hall–Kier alpha value is -3.58. The molecule has 0 aliphatic heterocycles. The minimum Gasteiger partial charge on any atom is -0.497 e. The highest BCUT2D eigenvalue weighted by Gasteiger charge is 2.11. The van der Waals surface area contributed by atoms with Gasteiger partial charge in [0.2, 0.25) is 0 Å². The number of amides is 1. The fourth-order valence-corrected chi connectivity index (χ4v) is 2.91. The molecular formula is C21H18ClN5O2. The largest absolute Gasteiger partial charge is 0.497 e. The van der Waals surface area contributed by atoms with E-state index >= 15 is 0 Å². The van der Waals surface area contributed by atoms with Gasteiger partial charge in [0.25, 0.3) is 5.91 Å². The van der Waals surface area contributed by atoms with Gasteiger partial charge >= 0.3 is 0 Å². The molecule has 146 valence electrons. The summed E-state index contributed by atoms with van der Waals surface area (Å²) < 4.78 is 8.53. The predicted octanol–water partition coefficient (Wildman–Crippen LogP) is 3.65. The van der Waals surface area contributed by atoms with Gasteiger partial charge in [-0.1, -0.05) is 11.6 Å². The van der Waals surface area contributed by atoms with Gasteiger partial charge in [-0.3, -0.25) is 4.79 Å². The van der Waals surface area contributed by atoms with Crippen molar-refractivity contribution >= 4 is 17.5 Å². The zero-order chi connectivity index (χ0) is 20.2. The number of benzene rings is 2. The molecule has 0 saturated heterocycles. The predicted molar refractivity (Wildman–Crippen MR) is 110 cm³/mol. The Bertz CT molecular complexity index is 1120. The monoisotopic (exact) mass is 407 g/mol. The Morgan fingerprint density at radius 1 is 1.03 bits per heavy atom. The molecule has 0 spiro atoms. The molecule has 1 N–H and O–H groups in total. The normalized spacial score (nSPS) is 10.7. The average Bonchev–Trinajstić information content (AvgIpc) is 3.43. The van der Waals surface area contributed by atoms with Crippen molar-refractivity contribution in [3.8, 4) is 17.1 Å². The summed E-state index contributed by atoms with van der Waals surface area (Å²) in [6.07, 6.45) is 5.32. The first-order valence-electron chi connectivity index (χ1n) is 8.90. The molecule has 2 aromatic heterocycles. The summed E-state index contributed by atoms with van der Waals surface area (Å²) in [5.41, 5.74) is 2.95. The van der Waals surface area contributed by atoms with Crippen LogP contribution in [0.5, 0.6) is 5.75 Å². The summed E-state index contributed by atoms with van der Waals surface area (Å²) in [5, 5.41) is 12.2. The third-order valence-electron chi connectivity index (χ3n) is 4.34. The van der Waals surface area contributed by atoms with Crippen molar-refractivity contribution in [3.63, 3.8) is 0 Å². The molecule has 0 atom stereocenters. The molecule has 2 heterocycles. The molecule has 0 aliphatic rings. The van der Waals surface area contributed by atoms with E-state index in [1.165, 1.54) is 0 Å². The minimum absolute atomic E-state index is 0.253. The first-order valence-corrected chi connectivity index (χ1v) is 9.28. The third-order valence-corrected chi connectivity index (χ3v) is 4.59. The number of ether oxygens (including phenoxy) is 1. The second-order valence-corrected chi connectivity index (χ2v) is 6.73. The van der Waals surface area contributed by atoms with Crippen molar-refractivity contribution in [2.24, 2.45) is 0 Å². The number of hydrogen-bond acceptors (Lipinski definition) is 4.